The number of thiazole rings is 1. The molecular weight excluding hydrogens is 359 g/mol. The van der Waals surface area contributed by atoms with Crippen LogP contribution in [0.1, 0.15) is 17.3 Å². The van der Waals surface area contributed by atoms with Gasteiger partial charge in [-0.05, 0) is 37.3 Å². The number of esters is 1. The topological polar surface area (TPSA) is 77.5 Å². The number of hydrogen-bond donors (Lipinski definition) is 1. The van der Waals surface area contributed by atoms with Gasteiger partial charge in [0, 0.05) is 0 Å². The maximum Gasteiger partial charge on any atom is 0.341 e. The van der Waals surface area contributed by atoms with E-state index in [9.17, 15) is 14.0 Å². The highest BCUT2D eigenvalue weighted by molar-refractivity contribution is 7.22. The lowest BCUT2D eigenvalue weighted by Gasteiger charge is -2.05. The largest absolute Gasteiger partial charge is 0.494 e. The summed E-state index contributed by atoms with van der Waals surface area (Å²) in [4.78, 5) is 28.0. The van der Waals surface area contributed by atoms with E-state index >= 15 is 0 Å². The number of carbonyl (C=O) groups excluding carboxylic acids is 2. The van der Waals surface area contributed by atoms with Crippen LogP contribution in [0.2, 0.25) is 0 Å². The normalized spacial score (nSPS) is 10.5. The fourth-order valence-electron chi connectivity index (χ4n) is 2.21. The van der Waals surface area contributed by atoms with E-state index in [2.05, 4.69) is 10.3 Å². The van der Waals surface area contributed by atoms with Crippen LogP contribution in [0.4, 0.5) is 9.52 Å². The summed E-state index contributed by atoms with van der Waals surface area (Å²) in [6.07, 6.45) is 0. The van der Waals surface area contributed by atoms with Crippen LogP contribution in [0, 0.1) is 5.82 Å². The Morgan fingerprint density at radius 1 is 1.23 bits per heavy atom. The second-order valence-corrected chi connectivity index (χ2v) is 6.22. The van der Waals surface area contributed by atoms with Gasteiger partial charge in [0.2, 0.25) is 0 Å². The summed E-state index contributed by atoms with van der Waals surface area (Å²) in [6.45, 7) is 1.92. The lowest BCUT2D eigenvalue weighted by molar-refractivity contribution is -0.119. The summed E-state index contributed by atoms with van der Waals surface area (Å²) in [5.41, 5.74) is 0.501. The predicted octanol–water partition coefficient (Wildman–Crippen LogP) is 3.63. The van der Waals surface area contributed by atoms with Crippen LogP contribution in [-0.2, 0) is 9.53 Å². The summed E-state index contributed by atoms with van der Waals surface area (Å²) >= 11 is 1.28. The Hall–Kier alpha value is -3.00. The molecule has 1 N–H and O–H groups in total. The highest BCUT2D eigenvalue weighted by Gasteiger charge is 2.15. The van der Waals surface area contributed by atoms with Gasteiger partial charge in [-0.3, -0.25) is 10.1 Å². The molecule has 0 fully saturated rings. The molecule has 3 aromatic rings. The average Bonchev–Trinajstić information content (AvgIpc) is 3.02. The van der Waals surface area contributed by atoms with Gasteiger partial charge in [-0.15, -0.1) is 0 Å². The minimum Gasteiger partial charge on any atom is -0.494 e. The predicted molar refractivity (Wildman–Crippen MR) is 96.1 cm³/mol. The van der Waals surface area contributed by atoms with Crippen LogP contribution in [0.5, 0.6) is 5.75 Å². The maximum atomic E-state index is 13.5. The monoisotopic (exact) mass is 374 g/mol. The third-order valence-electron chi connectivity index (χ3n) is 3.35. The first-order valence-electron chi connectivity index (χ1n) is 7.81. The van der Waals surface area contributed by atoms with E-state index < -0.39 is 24.3 Å². The average molecular weight is 374 g/mol. The molecule has 0 bridgehead atoms. The van der Waals surface area contributed by atoms with Crippen LogP contribution in [0.3, 0.4) is 0 Å². The third-order valence-corrected chi connectivity index (χ3v) is 4.28. The van der Waals surface area contributed by atoms with Gasteiger partial charge in [0.15, 0.2) is 11.7 Å². The summed E-state index contributed by atoms with van der Waals surface area (Å²) in [5, 5.41) is 2.94. The van der Waals surface area contributed by atoms with Crippen molar-refractivity contribution >= 4 is 38.6 Å². The van der Waals surface area contributed by atoms with Crippen LogP contribution < -0.4 is 10.1 Å². The summed E-state index contributed by atoms with van der Waals surface area (Å²) in [6, 6.07) is 10.8. The summed E-state index contributed by atoms with van der Waals surface area (Å²) in [5.74, 6) is -1.43. The maximum absolute atomic E-state index is 13.5. The zero-order chi connectivity index (χ0) is 18.5. The van der Waals surface area contributed by atoms with Gasteiger partial charge >= 0.3 is 5.97 Å². The number of hydrogen-bond acceptors (Lipinski definition) is 6. The van der Waals surface area contributed by atoms with Crippen molar-refractivity contribution in [3.8, 4) is 5.75 Å². The standard InChI is InChI=1S/C18H15FN2O4S/c1-2-24-11-7-8-14-15(9-11)26-18(20-14)21-16(22)10-25-17(23)12-5-3-4-6-13(12)19/h3-9H,2,10H2,1H3,(H,20,21,22). The van der Waals surface area contributed by atoms with Gasteiger partial charge in [0.25, 0.3) is 5.91 Å². The molecule has 0 saturated carbocycles. The van der Waals surface area contributed by atoms with Gasteiger partial charge in [0.1, 0.15) is 11.6 Å². The molecule has 0 radical (unpaired) electrons. The molecule has 6 nitrogen and oxygen atoms in total. The van der Waals surface area contributed by atoms with Gasteiger partial charge in [0.05, 0.1) is 22.4 Å². The van der Waals surface area contributed by atoms with Gasteiger partial charge in [-0.2, -0.15) is 0 Å². The molecule has 0 spiro atoms. The number of benzene rings is 2. The summed E-state index contributed by atoms with van der Waals surface area (Å²) in [7, 11) is 0. The van der Waals surface area contributed by atoms with E-state index in [0.29, 0.717) is 11.7 Å². The van der Waals surface area contributed by atoms with Crippen molar-refractivity contribution in [1.29, 1.82) is 0 Å². The fraction of sp³-hybridized carbons (Fsp3) is 0.167. The van der Waals surface area contributed by atoms with Gasteiger partial charge in [-0.25, -0.2) is 14.2 Å². The van der Waals surface area contributed by atoms with Crippen molar-refractivity contribution in [2.45, 2.75) is 6.92 Å². The minimum atomic E-state index is -0.899. The van der Waals surface area contributed by atoms with Crippen LogP contribution in [0.15, 0.2) is 42.5 Å². The number of rotatable bonds is 6. The number of anilines is 1. The number of aromatic nitrogens is 1. The molecule has 0 unspecified atom stereocenters. The quantitative estimate of drug-likeness (QED) is 0.667. The Morgan fingerprint density at radius 2 is 2.04 bits per heavy atom. The molecule has 8 heteroatoms. The molecule has 1 heterocycles. The highest BCUT2D eigenvalue weighted by atomic mass is 32.1. The molecule has 1 amide bonds. The Bertz CT molecular complexity index is 957. The molecule has 0 aliphatic rings. The zero-order valence-corrected chi connectivity index (χ0v) is 14.6. The van der Waals surface area contributed by atoms with Crippen molar-refractivity contribution in [2.24, 2.45) is 0 Å². The minimum absolute atomic E-state index is 0.219. The van der Waals surface area contributed by atoms with E-state index in [1.54, 1.807) is 12.1 Å². The van der Waals surface area contributed by atoms with Crippen LogP contribution in [0.25, 0.3) is 10.2 Å². The summed E-state index contributed by atoms with van der Waals surface area (Å²) < 4.78 is 24.6. The number of fused-ring (bicyclic) bond motifs is 1. The Balaban J connectivity index is 1.60. The fourth-order valence-corrected chi connectivity index (χ4v) is 3.12. The number of nitrogens with one attached hydrogen (secondary N) is 1. The third kappa shape index (κ3) is 4.15. The van der Waals surface area contributed by atoms with Crippen molar-refractivity contribution in [1.82, 2.24) is 4.98 Å². The molecular formula is C18H15FN2O4S. The van der Waals surface area contributed by atoms with Crippen LogP contribution in [-0.4, -0.2) is 30.1 Å². The number of ether oxygens (including phenoxy) is 2. The molecule has 1 aromatic heterocycles. The lowest BCUT2D eigenvalue weighted by atomic mass is 10.2. The lowest BCUT2D eigenvalue weighted by Crippen LogP contribution is -2.21. The van der Waals surface area contributed by atoms with E-state index in [4.69, 9.17) is 9.47 Å². The smallest absolute Gasteiger partial charge is 0.341 e. The van der Waals surface area contributed by atoms with Gasteiger partial charge < -0.3 is 9.47 Å². The van der Waals surface area contributed by atoms with E-state index in [1.165, 1.54) is 29.5 Å². The molecule has 0 saturated heterocycles. The molecule has 0 aliphatic heterocycles. The molecule has 134 valence electrons. The molecule has 3 rings (SSSR count). The van der Waals surface area contributed by atoms with E-state index in [-0.39, 0.29) is 5.56 Å². The van der Waals surface area contributed by atoms with Crippen LogP contribution >= 0.6 is 11.3 Å². The number of halogens is 1. The number of amides is 1. The zero-order valence-electron chi connectivity index (χ0n) is 13.8. The molecule has 2 aromatic carbocycles. The molecule has 0 atom stereocenters. The number of nitrogens with zero attached hydrogens (tertiary/aromatic N) is 1. The first-order chi connectivity index (χ1) is 12.6. The van der Waals surface area contributed by atoms with E-state index in [0.717, 1.165) is 22.0 Å². The SMILES string of the molecule is CCOc1ccc2nc(NC(=O)COC(=O)c3ccccc3F)sc2c1. The highest BCUT2D eigenvalue weighted by Crippen LogP contribution is 2.29. The molecule has 26 heavy (non-hydrogen) atoms. The Kier molecular flexibility index (Phi) is 5.43. The van der Waals surface area contributed by atoms with Crippen molar-refractivity contribution < 1.29 is 23.5 Å². The van der Waals surface area contributed by atoms with Crippen molar-refractivity contribution in [3.05, 3.63) is 53.8 Å². The van der Waals surface area contributed by atoms with Crippen molar-refractivity contribution in [3.63, 3.8) is 0 Å². The Morgan fingerprint density at radius 3 is 2.81 bits per heavy atom. The number of carbonyl (C=O) groups is 2. The van der Waals surface area contributed by atoms with E-state index in [1.807, 2.05) is 13.0 Å². The first kappa shape index (κ1) is 17.8. The van der Waals surface area contributed by atoms with Gasteiger partial charge in [-0.1, -0.05) is 23.5 Å². The second kappa shape index (κ2) is 7.92. The first-order valence-corrected chi connectivity index (χ1v) is 8.63. The molecule has 0 aliphatic carbocycles. The van der Waals surface area contributed by atoms with Crippen molar-refractivity contribution in [2.75, 3.05) is 18.5 Å². The Labute approximate surface area is 152 Å². The second-order valence-electron chi connectivity index (χ2n) is 5.19.